The van der Waals surface area contributed by atoms with Crippen molar-refractivity contribution in [2.24, 2.45) is 0 Å². The summed E-state index contributed by atoms with van der Waals surface area (Å²) in [6.45, 7) is 0. The third-order valence-electron chi connectivity index (χ3n) is 20.9. The molecule has 0 atom stereocenters. The van der Waals surface area contributed by atoms with E-state index in [0.29, 0.717) is 0 Å². The van der Waals surface area contributed by atoms with Crippen molar-refractivity contribution in [3.63, 3.8) is 0 Å². The van der Waals surface area contributed by atoms with Crippen LogP contribution in [0.2, 0.25) is 0 Å². The number of anilines is 21. The lowest BCUT2D eigenvalue weighted by Gasteiger charge is -2.41. The van der Waals surface area contributed by atoms with Crippen LogP contribution < -0.4 is 34.3 Å². The first-order valence-electron chi connectivity index (χ1n) is 35.2. The van der Waals surface area contributed by atoms with Gasteiger partial charge in [-0.3, -0.25) is 0 Å². The molecule has 0 saturated carbocycles. The van der Waals surface area contributed by atoms with Crippen LogP contribution in [0, 0.1) is 0 Å². The van der Waals surface area contributed by atoms with Gasteiger partial charge in [0.2, 0.25) is 0 Å². The number of nitrogens with zero attached hydrogens (tertiary/aromatic N) is 7. The molecule has 0 bridgehead atoms. The second-order valence-electron chi connectivity index (χ2n) is 26.9. The highest BCUT2D eigenvalue weighted by Gasteiger charge is 2.37. The molecule has 0 spiro atoms. The lowest BCUT2D eigenvalue weighted by atomic mass is 9.98. The Kier molecular flexibility index (Phi) is 14.1. The van der Waals surface area contributed by atoms with E-state index in [9.17, 15) is 0 Å². The van der Waals surface area contributed by atoms with Gasteiger partial charge >= 0.3 is 0 Å². The van der Waals surface area contributed by atoms with Crippen LogP contribution in [0.1, 0.15) is 33.4 Å². The van der Waals surface area contributed by atoms with Gasteiger partial charge in [0, 0.05) is 80.6 Å². The fourth-order valence-corrected chi connectivity index (χ4v) is 19.5. The highest BCUT2D eigenvalue weighted by atomic mass is 32.2. The van der Waals surface area contributed by atoms with Gasteiger partial charge in [-0.15, -0.1) is 0 Å². The molecule has 0 amide bonds. The summed E-state index contributed by atoms with van der Waals surface area (Å²) in [6.07, 6.45) is 2.64. The number of rotatable bonds is 9. The predicted molar refractivity (Wildman–Crippen MR) is 430 cm³/mol. The summed E-state index contributed by atoms with van der Waals surface area (Å²) in [5.41, 5.74) is 31.4. The standard InChI is InChI=1S/C93H63N7S3/c1-4-25-67(26-5-1)95-76-31-13-16-34-79(76)98(85-58-91-64(55-82(85)95)52-61-22-10-19-37-88(61)101-91)73-46-40-70(41-47-73)94(71-42-48-74(49-43-71)99-80-35-17-14-32-77(80)96(68-27-6-2-7-28-68)83-56-65-53-62-23-11-20-38-89(62)102-92(65)59-86(83)99)72-44-50-75(51-45-72)100-81-36-18-15-33-78(81)97(69-29-8-3-9-30-69)84-57-66-54-63-24-12-21-39-90(63)103-93(66)60-87(84)100/h1-51,55-60H,52-54H2. The van der Waals surface area contributed by atoms with Crippen LogP contribution in [0.3, 0.4) is 0 Å². The van der Waals surface area contributed by atoms with Crippen LogP contribution in [0.15, 0.2) is 375 Å². The first-order chi connectivity index (χ1) is 51.0. The molecule has 488 valence electrons. The van der Waals surface area contributed by atoms with Crippen LogP contribution in [-0.4, -0.2) is 0 Å². The number of para-hydroxylation sites is 9. The molecule has 21 rings (SSSR count). The third-order valence-corrected chi connectivity index (χ3v) is 24.5. The van der Waals surface area contributed by atoms with Crippen LogP contribution in [0.5, 0.6) is 0 Å². The van der Waals surface area contributed by atoms with Crippen molar-refractivity contribution in [3.8, 4) is 0 Å². The Bertz CT molecular complexity index is 5300. The second-order valence-corrected chi connectivity index (χ2v) is 30.1. The van der Waals surface area contributed by atoms with Gasteiger partial charge in [0.15, 0.2) is 0 Å². The van der Waals surface area contributed by atoms with Gasteiger partial charge < -0.3 is 34.3 Å². The van der Waals surface area contributed by atoms with E-state index in [0.717, 1.165) is 139 Å². The van der Waals surface area contributed by atoms with Gasteiger partial charge in [0.25, 0.3) is 0 Å². The molecule has 0 aromatic heterocycles. The molecular weight excluding hydrogens is 1310 g/mol. The van der Waals surface area contributed by atoms with Crippen LogP contribution in [-0.2, 0) is 19.3 Å². The third kappa shape index (κ3) is 9.99. The molecule has 15 aromatic rings. The van der Waals surface area contributed by atoms with Gasteiger partial charge in [-0.2, -0.15) is 0 Å². The highest BCUT2D eigenvalue weighted by Crippen LogP contribution is 2.61. The van der Waals surface area contributed by atoms with E-state index in [4.69, 9.17) is 0 Å². The molecule has 0 N–H and O–H groups in total. The summed E-state index contributed by atoms with van der Waals surface area (Å²) < 4.78 is 0. The largest absolute Gasteiger partial charge is 0.310 e. The topological polar surface area (TPSA) is 22.7 Å². The minimum absolute atomic E-state index is 0.881. The predicted octanol–water partition coefficient (Wildman–Crippen LogP) is 27.1. The molecule has 0 saturated heterocycles. The lowest BCUT2D eigenvalue weighted by Crippen LogP contribution is -2.25. The van der Waals surface area contributed by atoms with Gasteiger partial charge in [0.05, 0.1) is 68.2 Å². The Morgan fingerprint density at radius 1 is 0.175 bits per heavy atom. The Morgan fingerprint density at radius 3 is 0.650 bits per heavy atom. The summed E-state index contributed by atoms with van der Waals surface area (Å²) in [7, 11) is 0. The molecule has 0 aliphatic carbocycles. The van der Waals surface area contributed by atoms with E-state index in [1.165, 1.54) is 62.8 Å². The summed E-state index contributed by atoms with van der Waals surface area (Å²) in [5.74, 6) is 0. The molecule has 10 heteroatoms. The zero-order chi connectivity index (χ0) is 67.6. The smallest absolute Gasteiger partial charge is 0.0714 e. The quantitative estimate of drug-likeness (QED) is 0.139. The number of hydrogen-bond acceptors (Lipinski definition) is 10. The van der Waals surface area contributed by atoms with Crippen molar-refractivity contribution >= 4 is 155 Å². The number of hydrogen-bond donors (Lipinski definition) is 0. The lowest BCUT2D eigenvalue weighted by molar-refractivity contribution is 1.04. The Morgan fingerprint density at radius 2 is 0.388 bits per heavy atom. The van der Waals surface area contributed by atoms with Crippen molar-refractivity contribution in [3.05, 3.63) is 379 Å². The molecule has 0 fully saturated rings. The van der Waals surface area contributed by atoms with Crippen LogP contribution >= 0.6 is 35.3 Å². The Balaban J connectivity index is 0.709. The van der Waals surface area contributed by atoms with E-state index in [2.05, 4.69) is 380 Å². The second kappa shape index (κ2) is 24.4. The van der Waals surface area contributed by atoms with Gasteiger partial charge in [-0.1, -0.05) is 181 Å². The Hall–Kier alpha value is -12.1. The maximum absolute atomic E-state index is 2.48. The molecule has 6 heterocycles. The highest BCUT2D eigenvalue weighted by molar-refractivity contribution is 8.00. The van der Waals surface area contributed by atoms with Gasteiger partial charge in [0.1, 0.15) is 0 Å². The zero-order valence-corrected chi connectivity index (χ0v) is 58.3. The normalized spacial score (nSPS) is 13.9. The minimum atomic E-state index is 0.881. The molecule has 6 aliphatic rings. The monoisotopic (exact) mass is 1370 g/mol. The van der Waals surface area contributed by atoms with Crippen LogP contribution in [0.25, 0.3) is 0 Å². The van der Waals surface area contributed by atoms with E-state index >= 15 is 0 Å². The molecule has 6 aliphatic heterocycles. The number of fused-ring (bicyclic) bond motifs is 12. The summed E-state index contributed by atoms with van der Waals surface area (Å²) >= 11 is 5.64. The molecule has 0 radical (unpaired) electrons. The average molecular weight is 1370 g/mol. The summed E-state index contributed by atoms with van der Waals surface area (Å²) in [6, 6.07) is 128. The van der Waals surface area contributed by atoms with Gasteiger partial charge in [-0.05, 0) is 253 Å². The maximum Gasteiger partial charge on any atom is 0.0714 e. The first kappa shape index (κ1) is 59.8. The Labute approximate surface area is 612 Å². The van der Waals surface area contributed by atoms with E-state index in [-0.39, 0.29) is 0 Å². The van der Waals surface area contributed by atoms with Crippen molar-refractivity contribution in [2.45, 2.75) is 48.6 Å². The van der Waals surface area contributed by atoms with Crippen molar-refractivity contribution in [1.82, 2.24) is 0 Å². The van der Waals surface area contributed by atoms with E-state index in [1.54, 1.807) is 0 Å². The molecule has 0 unspecified atom stereocenters. The van der Waals surface area contributed by atoms with Crippen molar-refractivity contribution in [2.75, 3.05) is 34.3 Å². The summed E-state index contributed by atoms with van der Waals surface area (Å²) in [4.78, 5) is 25.0. The summed E-state index contributed by atoms with van der Waals surface area (Å²) in [5, 5.41) is 0. The van der Waals surface area contributed by atoms with Crippen molar-refractivity contribution < 1.29 is 0 Å². The molecule has 103 heavy (non-hydrogen) atoms. The zero-order valence-electron chi connectivity index (χ0n) is 55.9. The molecule has 7 nitrogen and oxygen atoms in total. The SMILES string of the molecule is c1ccc(N2c3ccccc3N(c3ccc(N(c4ccc(N5c6ccccc6N(c6ccccc6)c6cc7c(cc65)Sc5ccccc5C7)cc4)c4ccc(N5c6ccccc6N(c6ccccc6)c6cc7c(cc65)Sc5ccccc5C7)cc4)cc3)c3cc4c(cc32)Cc2ccccc2S4)cc1. The van der Waals surface area contributed by atoms with E-state index < -0.39 is 0 Å². The first-order valence-corrected chi connectivity index (χ1v) is 37.6. The fraction of sp³-hybridized carbons (Fsp3) is 0.0323. The van der Waals surface area contributed by atoms with Gasteiger partial charge in [-0.25, -0.2) is 0 Å². The maximum atomic E-state index is 2.48. The molecule has 15 aromatic carbocycles. The van der Waals surface area contributed by atoms with Crippen LogP contribution in [0.4, 0.5) is 119 Å². The van der Waals surface area contributed by atoms with E-state index in [1.807, 2.05) is 35.3 Å². The average Bonchev–Trinajstić information content (AvgIpc) is 0.734. The molecular formula is C93H63N7S3. The number of benzene rings is 15. The fourth-order valence-electron chi connectivity index (χ4n) is 16.2. The minimum Gasteiger partial charge on any atom is -0.310 e. The van der Waals surface area contributed by atoms with Crippen molar-refractivity contribution in [1.29, 1.82) is 0 Å².